The molecule has 5 heteroatoms. The van der Waals surface area contributed by atoms with Gasteiger partial charge in [-0.1, -0.05) is 30.1 Å². The van der Waals surface area contributed by atoms with Crippen LogP contribution in [0.2, 0.25) is 0 Å². The highest BCUT2D eigenvalue weighted by atomic mass is 32.2. The highest BCUT2D eigenvalue weighted by Crippen LogP contribution is 2.27. The molecule has 0 radical (unpaired) electrons. The predicted octanol–water partition coefficient (Wildman–Crippen LogP) is 3.95. The average molecular weight is 297 g/mol. The molecule has 2 aromatic carbocycles. The van der Waals surface area contributed by atoms with Crippen molar-refractivity contribution in [3.8, 4) is 22.8 Å². The first-order chi connectivity index (χ1) is 10.2. The van der Waals surface area contributed by atoms with Crippen LogP contribution in [0.15, 0.2) is 59.6 Å². The molecule has 4 nitrogen and oxygen atoms in total. The maximum atomic E-state index is 5.55. The third-order valence-corrected chi connectivity index (χ3v) is 4.14. The molecule has 1 aromatic heterocycles. The Kier molecular flexibility index (Phi) is 3.83. The minimum atomic E-state index is 0.0482. The van der Waals surface area contributed by atoms with E-state index in [1.54, 1.807) is 0 Å². The summed E-state index contributed by atoms with van der Waals surface area (Å²) >= 11 is 0. The fourth-order valence-electron chi connectivity index (χ4n) is 1.96. The van der Waals surface area contributed by atoms with E-state index < -0.39 is 0 Å². The van der Waals surface area contributed by atoms with E-state index in [-0.39, 0.29) is 10.5 Å². The Morgan fingerprint density at radius 3 is 2.14 bits per heavy atom. The Hall–Kier alpha value is -2.40. The SMILES string of the molecule is C=S(C)c1ccc(-c2ccc(Oc3cn[nH]n3)cc2)cc1. The van der Waals surface area contributed by atoms with Gasteiger partial charge in [-0.15, -0.1) is 5.10 Å². The topological polar surface area (TPSA) is 50.8 Å². The minimum Gasteiger partial charge on any atom is -0.436 e. The van der Waals surface area contributed by atoms with Crippen molar-refractivity contribution in [2.45, 2.75) is 4.90 Å². The molecule has 0 aliphatic rings. The van der Waals surface area contributed by atoms with Crippen LogP contribution in [0.3, 0.4) is 0 Å². The lowest BCUT2D eigenvalue weighted by Gasteiger charge is -2.06. The van der Waals surface area contributed by atoms with Gasteiger partial charge in [-0.3, -0.25) is 0 Å². The van der Waals surface area contributed by atoms with Gasteiger partial charge in [-0.25, -0.2) is 0 Å². The molecule has 0 aliphatic heterocycles. The van der Waals surface area contributed by atoms with Gasteiger partial charge in [0, 0.05) is 4.90 Å². The molecular weight excluding hydrogens is 282 g/mol. The number of hydrogen-bond acceptors (Lipinski definition) is 3. The van der Waals surface area contributed by atoms with Gasteiger partial charge in [-0.05, 0) is 41.6 Å². The number of nitrogens with one attached hydrogen (secondary N) is 1. The molecule has 0 fully saturated rings. The highest BCUT2D eigenvalue weighted by Gasteiger charge is 2.02. The molecule has 0 amide bonds. The predicted molar refractivity (Wildman–Crippen MR) is 87.2 cm³/mol. The van der Waals surface area contributed by atoms with Crippen LogP contribution in [0, 0.1) is 0 Å². The second-order valence-electron chi connectivity index (χ2n) is 4.60. The van der Waals surface area contributed by atoms with E-state index in [1.807, 2.05) is 24.3 Å². The van der Waals surface area contributed by atoms with Gasteiger partial charge in [0.2, 0.25) is 0 Å². The Balaban J connectivity index is 1.78. The van der Waals surface area contributed by atoms with Crippen LogP contribution in [0.4, 0.5) is 0 Å². The lowest BCUT2D eigenvalue weighted by Crippen LogP contribution is -1.85. The standard InChI is InChI=1S/C16H15N3OS/c1-21(2)15-9-5-13(6-10-15)12-3-7-14(8-4-12)20-16-11-17-19-18-16/h3-11H,1H2,2H3,(H,17,18,19). The largest absolute Gasteiger partial charge is 0.436 e. The average Bonchev–Trinajstić information content (AvgIpc) is 3.01. The molecule has 3 aromatic rings. The number of aromatic amines is 1. The van der Waals surface area contributed by atoms with Crippen LogP contribution < -0.4 is 4.74 Å². The van der Waals surface area contributed by atoms with E-state index in [0.717, 1.165) is 11.3 Å². The normalized spacial score (nSPS) is 12.0. The zero-order chi connectivity index (χ0) is 14.7. The first-order valence-corrected chi connectivity index (χ1v) is 8.22. The summed E-state index contributed by atoms with van der Waals surface area (Å²) in [5.41, 5.74) is 2.33. The van der Waals surface area contributed by atoms with Crippen molar-refractivity contribution in [3.63, 3.8) is 0 Å². The number of ether oxygens (including phenoxy) is 1. The zero-order valence-electron chi connectivity index (χ0n) is 11.6. The van der Waals surface area contributed by atoms with E-state index in [1.165, 1.54) is 16.7 Å². The maximum Gasteiger partial charge on any atom is 0.258 e. The van der Waals surface area contributed by atoms with Crippen LogP contribution in [0.5, 0.6) is 11.6 Å². The molecule has 1 heterocycles. The summed E-state index contributed by atoms with van der Waals surface area (Å²) in [6.07, 6.45) is 3.65. The minimum absolute atomic E-state index is 0.0482. The van der Waals surface area contributed by atoms with Crippen LogP contribution in [-0.4, -0.2) is 27.5 Å². The lowest BCUT2D eigenvalue weighted by atomic mass is 10.1. The van der Waals surface area contributed by atoms with E-state index in [9.17, 15) is 0 Å². The molecule has 1 unspecified atom stereocenters. The van der Waals surface area contributed by atoms with Crippen LogP contribution >= 0.6 is 10.5 Å². The van der Waals surface area contributed by atoms with E-state index >= 15 is 0 Å². The number of benzene rings is 2. The van der Waals surface area contributed by atoms with E-state index in [4.69, 9.17) is 4.74 Å². The van der Waals surface area contributed by atoms with Gasteiger partial charge in [0.15, 0.2) is 0 Å². The number of H-pyrrole nitrogens is 1. The second-order valence-corrected chi connectivity index (χ2v) is 6.34. The van der Waals surface area contributed by atoms with Gasteiger partial charge >= 0.3 is 0 Å². The number of hydrogen-bond donors (Lipinski definition) is 1. The molecule has 0 saturated carbocycles. The molecule has 1 N–H and O–H groups in total. The monoisotopic (exact) mass is 297 g/mol. The maximum absolute atomic E-state index is 5.55. The summed E-state index contributed by atoms with van der Waals surface area (Å²) in [6, 6.07) is 16.4. The Labute approximate surface area is 125 Å². The number of aromatic nitrogens is 3. The van der Waals surface area contributed by atoms with Crippen molar-refractivity contribution in [1.82, 2.24) is 15.4 Å². The van der Waals surface area contributed by atoms with Crippen LogP contribution in [0.1, 0.15) is 0 Å². The smallest absolute Gasteiger partial charge is 0.258 e. The molecule has 0 spiro atoms. The van der Waals surface area contributed by atoms with E-state index in [0.29, 0.717) is 5.88 Å². The quantitative estimate of drug-likeness (QED) is 0.742. The number of nitrogens with zero attached hydrogens (tertiary/aromatic N) is 2. The summed E-state index contributed by atoms with van der Waals surface area (Å²) in [5, 5.41) is 10.1. The molecule has 21 heavy (non-hydrogen) atoms. The third-order valence-electron chi connectivity index (χ3n) is 3.06. The van der Waals surface area contributed by atoms with E-state index in [2.05, 4.69) is 51.8 Å². The van der Waals surface area contributed by atoms with Crippen molar-refractivity contribution >= 4 is 16.4 Å². The summed E-state index contributed by atoms with van der Waals surface area (Å²) in [4.78, 5) is 1.27. The summed E-state index contributed by atoms with van der Waals surface area (Å²) in [6.45, 7) is 0. The first kappa shape index (κ1) is 13.6. The summed E-state index contributed by atoms with van der Waals surface area (Å²) in [5.74, 6) is 5.25. The fraction of sp³-hybridized carbons (Fsp3) is 0.0625. The van der Waals surface area contributed by atoms with Gasteiger partial charge in [-0.2, -0.15) is 20.8 Å². The van der Waals surface area contributed by atoms with Crippen LogP contribution in [-0.2, 0) is 0 Å². The third kappa shape index (κ3) is 3.20. The van der Waals surface area contributed by atoms with Crippen molar-refractivity contribution in [2.75, 3.05) is 6.26 Å². The molecular formula is C16H15N3OS. The van der Waals surface area contributed by atoms with Crippen LogP contribution in [0.25, 0.3) is 11.1 Å². The summed E-state index contributed by atoms with van der Waals surface area (Å²) in [7, 11) is 0.0482. The van der Waals surface area contributed by atoms with Gasteiger partial charge in [0.25, 0.3) is 5.88 Å². The first-order valence-electron chi connectivity index (χ1n) is 6.42. The summed E-state index contributed by atoms with van der Waals surface area (Å²) < 4.78 is 5.55. The van der Waals surface area contributed by atoms with Gasteiger partial charge < -0.3 is 4.74 Å². The van der Waals surface area contributed by atoms with Gasteiger partial charge in [0.05, 0.1) is 0 Å². The Morgan fingerprint density at radius 1 is 1.00 bits per heavy atom. The Morgan fingerprint density at radius 2 is 1.62 bits per heavy atom. The molecule has 106 valence electrons. The molecule has 3 rings (SSSR count). The molecule has 0 bridgehead atoms. The lowest BCUT2D eigenvalue weighted by molar-refractivity contribution is 0.461. The Bertz CT molecular complexity index is 734. The molecule has 1 atom stereocenters. The van der Waals surface area contributed by atoms with Gasteiger partial charge in [0.1, 0.15) is 11.9 Å². The van der Waals surface area contributed by atoms with Crippen molar-refractivity contribution in [2.24, 2.45) is 0 Å². The van der Waals surface area contributed by atoms with Crippen molar-refractivity contribution in [1.29, 1.82) is 0 Å². The molecule has 0 aliphatic carbocycles. The molecule has 0 saturated heterocycles. The second kappa shape index (κ2) is 5.93. The zero-order valence-corrected chi connectivity index (χ0v) is 12.4. The fourth-order valence-corrected chi connectivity index (χ4v) is 2.56. The highest BCUT2D eigenvalue weighted by molar-refractivity contribution is 8.13. The number of rotatable bonds is 4. The van der Waals surface area contributed by atoms with Crippen molar-refractivity contribution < 1.29 is 4.74 Å². The van der Waals surface area contributed by atoms with Crippen molar-refractivity contribution in [3.05, 3.63) is 54.7 Å².